The molecule has 4 aromatic carbocycles. The summed E-state index contributed by atoms with van der Waals surface area (Å²) in [5, 5.41) is 2.34. The van der Waals surface area contributed by atoms with Gasteiger partial charge in [-0.05, 0) is 33.0 Å². The minimum atomic E-state index is -0.280. The highest BCUT2D eigenvalue weighted by Crippen LogP contribution is 2.50. The molecule has 2 heteroatoms. The van der Waals surface area contributed by atoms with Gasteiger partial charge in [-0.1, -0.05) is 97.1 Å². The molecule has 1 aliphatic carbocycles. The van der Waals surface area contributed by atoms with E-state index in [-0.39, 0.29) is 11.9 Å². The Morgan fingerprint density at radius 2 is 1.41 bits per heavy atom. The van der Waals surface area contributed by atoms with Gasteiger partial charge in [0.25, 0.3) is 0 Å². The second-order valence-corrected chi connectivity index (χ2v) is 7.24. The van der Waals surface area contributed by atoms with Crippen LogP contribution in [0.2, 0.25) is 0 Å². The molecule has 0 fully saturated rings. The molecule has 0 saturated heterocycles. The number of methoxy groups -OCH3 is 1. The summed E-state index contributed by atoms with van der Waals surface area (Å²) < 4.78 is 5.28. The first kappa shape index (κ1) is 17.4. The molecule has 0 heterocycles. The SMILES string of the molecule is COC(=O)C1=C(c2ccccc2)c2ccc3ccccc3c2C1c1ccccc1. The lowest BCUT2D eigenvalue weighted by molar-refractivity contribution is -0.136. The highest BCUT2D eigenvalue weighted by Gasteiger charge is 2.38. The normalized spacial score (nSPS) is 15.4. The summed E-state index contributed by atoms with van der Waals surface area (Å²) in [5.74, 6) is -0.446. The molecule has 0 aromatic heterocycles. The summed E-state index contributed by atoms with van der Waals surface area (Å²) >= 11 is 0. The fourth-order valence-corrected chi connectivity index (χ4v) is 4.48. The van der Waals surface area contributed by atoms with E-state index in [4.69, 9.17) is 4.74 Å². The number of fused-ring (bicyclic) bond motifs is 3. The van der Waals surface area contributed by atoms with Crippen LogP contribution in [-0.2, 0) is 9.53 Å². The lowest BCUT2D eigenvalue weighted by Gasteiger charge is -2.18. The Kier molecular flexibility index (Phi) is 4.25. The Balaban J connectivity index is 1.91. The van der Waals surface area contributed by atoms with Crippen LogP contribution in [0.3, 0.4) is 0 Å². The van der Waals surface area contributed by atoms with Crippen LogP contribution in [0.4, 0.5) is 0 Å². The average molecular weight is 376 g/mol. The second-order valence-electron chi connectivity index (χ2n) is 7.24. The maximum absolute atomic E-state index is 13.1. The largest absolute Gasteiger partial charge is 0.466 e. The van der Waals surface area contributed by atoms with Crippen molar-refractivity contribution in [2.24, 2.45) is 0 Å². The van der Waals surface area contributed by atoms with Crippen molar-refractivity contribution in [3.8, 4) is 0 Å². The molecule has 2 nitrogen and oxygen atoms in total. The Bertz CT molecular complexity index is 1240. The van der Waals surface area contributed by atoms with Crippen molar-refractivity contribution in [1.82, 2.24) is 0 Å². The van der Waals surface area contributed by atoms with Crippen molar-refractivity contribution in [2.45, 2.75) is 5.92 Å². The number of hydrogen-bond donors (Lipinski definition) is 0. The Morgan fingerprint density at radius 3 is 2.14 bits per heavy atom. The Labute approximate surface area is 170 Å². The predicted molar refractivity (Wildman–Crippen MR) is 117 cm³/mol. The zero-order chi connectivity index (χ0) is 19.8. The molecule has 0 amide bonds. The molecule has 1 unspecified atom stereocenters. The van der Waals surface area contributed by atoms with E-state index >= 15 is 0 Å². The molecule has 0 spiro atoms. The molecule has 0 saturated carbocycles. The maximum atomic E-state index is 13.1. The van der Waals surface area contributed by atoms with Gasteiger partial charge in [-0.15, -0.1) is 0 Å². The van der Waals surface area contributed by atoms with Gasteiger partial charge in [-0.25, -0.2) is 4.79 Å². The molecular formula is C27H20O2. The highest BCUT2D eigenvalue weighted by atomic mass is 16.5. The molecule has 4 aromatic rings. The van der Waals surface area contributed by atoms with Crippen LogP contribution >= 0.6 is 0 Å². The van der Waals surface area contributed by atoms with E-state index in [1.807, 2.05) is 42.5 Å². The minimum Gasteiger partial charge on any atom is -0.466 e. The molecular weight excluding hydrogens is 356 g/mol. The van der Waals surface area contributed by atoms with Gasteiger partial charge in [-0.3, -0.25) is 0 Å². The predicted octanol–water partition coefficient (Wildman–Crippen LogP) is 5.96. The van der Waals surface area contributed by atoms with E-state index in [0.29, 0.717) is 5.57 Å². The van der Waals surface area contributed by atoms with Gasteiger partial charge in [0.05, 0.1) is 12.7 Å². The fraction of sp³-hybridized carbons (Fsp3) is 0.0741. The van der Waals surface area contributed by atoms with Crippen LogP contribution in [0.25, 0.3) is 16.3 Å². The van der Waals surface area contributed by atoms with Gasteiger partial charge in [-0.2, -0.15) is 0 Å². The van der Waals surface area contributed by atoms with E-state index in [1.54, 1.807) is 0 Å². The summed E-state index contributed by atoms with van der Waals surface area (Å²) in [6, 6.07) is 33.0. The highest BCUT2D eigenvalue weighted by molar-refractivity contribution is 6.10. The van der Waals surface area contributed by atoms with Crippen LogP contribution in [0.15, 0.2) is 103 Å². The van der Waals surface area contributed by atoms with Gasteiger partial charge in [0.15, 0.2) is 0 Å². The zero-order valence-corrected chi connectivity index (χ0v) is 16.1. The number of rotatable bonds is 3. The third-order valence-corrected chi connectivity index (χ3v) is 5.69. The van der Waals surface area contributed by atoms with E-state index in [0.717, 1.165) is 22.3 Å². The van der Waals surface area contributed by atoms with Crippen LogP contribution in [0, 0.1) is 0 Å². The zero-order valence-electron chi connectivity index (χ0n) is 16.1. The van der Waals surface area contributed by atoms with Gasteiger partial charge >= 0.3 is 5.97 Å². The number of carbonyl (C=O) groups is 1. The number of carbonyl (C=O) groups excluding carboxylic acids is 1. The summed E-state index contributed by atoms with van der Waals surface area (Å²) in [5.41, 5.74) is 6.07. The van der Waals surface area contributed by atoms with Crippen molar-refractivity contribution >= 4 is 22.3 Å². The maximum Gasteiger partial charge on any atom is 0.335 e. The molecule has 1 aliphatic rings. The van der Waals surface area contributed by atoms with Gasteiger partial charge < -0.3 is 4.74 Å². The first-order valence-electron chi connectivity index (χ1n) is 9.74. The third kappa shape index (κ3) is 2.76. The van der Waals surface area contributed by atoms with E-state index in [1.165, 1.54) is 23.4 Å². The minimum absolute atomic E-state index is 0.167. The quantitative estimate of drug-likeness (QED) is 0.412. The van der Waals surface area contributed by atoms with Crippen LogP contribution in [0.1, 0.15) is 28.2 Å². The molecule has 1 atom stereocenters. The van der Waals surface area contributed by atoms with Crippen molar-refractivity contribution in [3.05, 3.63) is 125 Å². The van der Waals surface area contributed by atoms with E-state index < -0.39 is 0 Å². The van der Waals surface area contributed by atoms with Crippen molar-refractivity contribution < 1.29 is 9.53 Å². The molecule has 0 bridgehead atoms. The Hall–Kier alpha value is -3.65. The van der Waals surface area contributed by atoms with Gasteiger partial charge in [0.1, 0.15) is 0 Å². The first-order valence-corrected chi connectivity index (χ1v) is 9.74. The third-order valence-electron chi connectivity index (χ3n) is 5.69. The van der Waals surface area contributed by atoms with E-state index in [2.05, 4.69) is 54.6 Å². The van der Waals surface area contributed by atoms with Crippen molar-refractivity contribution in [2.75, 3.05) is 7.11 Å². The smallest absolute Gasteiger partial charge is 0.335 e. The molecule has 0 radical (unpaired) electrons. The average Bonchev–Trinajstić information content (AvgIpc) is 3.15. The van der Waals surface area contributed by atoms with E-state index in [9.17, 15) is 4.79 Å². The molecule has 0 aliphatic heterocycles. The number of esters is 1. The molecule has 140 valence electrons. The summed E-state index contributed by atoms with van der Waals surface area (Å²) in [4.78, 5) is 13.1. The standard InChI is InChI=1S/C27H20O2/c1-29-27(28)26-23(19-11-4-2-5-12-19)22-17-16-18-10-8-9-15-21(18)25(22)24(26)20-13-6-3-7-14-20/h2-17,24H,1H3. The second kappa shape index (κ2) is 7.06. The van der Waals surface area contributed by atoms with Crippen LogP contribution in [0.5, 0.6) is 0 Å². The lowest BCUT2D eigenvalue weighted by Crippen LogP contribution is -2.13. The summed E-state index contributed by atoms with van der Waals surface area (Å²) in [6.07, 6.45) is 0. The van der Waals surface area contributed by atoms with Crippen molar-refractivity contribution in [3.63, 3.8) is 0 Å². The van der Waals surface area contributed by atoms with Gasteiger partial charge in [0.2, 0.25) is 0 Å². The first-order chi connectivity index (χ1) is 14.3. The van der Waals surface area contributed by atoms with Crippen LogP contribution < -0.4 is 0 Å². The lowest BCUT2D eigenvalue weighted by atomic mass is 9.85. The Morgan fingerprint density at radius 1 is 0.759 bits per heavy atom. The summed E-state index contributed by atoms with van der Waals surface area (Å²) in [6.45, 7) is 0. The number of hydrogen-bond acceptors (Lipinski definition) is 2. The molecule has 29 heavy (non-hydrogen) atoms. The number of ether oxygens (including phenoxy) is 1. The monoisotopic (exact) mass is 376 g/mol. The topological polar surface area (TPSA) is 26.3 Å². The fourth-order valence-electron chi connectivity index (χ4n) is 4.48. The van der Waals surface area contributed by atoms with Crippen LogP contribution in [-0.4, -0.2) is 13.1 Å². The molecule has 0 N–H and O–H groups in total. The van der Waals surface area contributed by atoms with Gasteiger partial charge in [0, 0.05) is 11.5 Å². The van der Waals surface area contributed by atoms with Crippen molar-refractivity contribution in [1.29, 1.82) is 0 Å². The number of benzene rings is 4. The molecule has 5 rings (SSSR count). The summed E-state index contributed by atoms with van der Waals surface area (Å²) in [7, 11) is 1.46.